The Morgan fingerprint density at radius 1 is 1.16 bits per heavy atom. The zero-order chi connectivity index (χ0) is 23.2. The van der Waals surface area contributed by atoms with Crippen molar-refractivity contribution in [3.8, 4) is 16.9 Å². The van der Waals surface area contributed by atoms with E-state index in [9.17, 15) is 34.8 Å². The van der Waals surface area contributed by atoms with Crippen molar-refractivity contribution in [2.45, 2.75) is 31.3 Å². The highest BCUT2D eigenvalue weighted by molar-refractivity contribution is 6.22. The van der Waals surface area contributed by atoms with Crippen molar-refractivity contribution in [3.63, 3.8) is 0 Å². The van der Waals surface area contributed by atoms with E-state index < -0.39 is 41.1 Å². The number of primary amides is 1. The van der Waals surface area contributed by atoms with Crippen molar-refractivity contribution in [2.75, 3.05) is 6.61 Å². The largest absolute Gasteiger partial charge is 0.511 e. The van der Waals surface area contributed by atoms with Crippen molar-refractivity contribution in [1.29, 1.82) is 0 Å². The van der Waals surface area contributed by atoms with Crippen molar-refractivity contribution in [2.24, 2.45) is 17.6 Å². The Hall–Kier alpha value is -3.43. The highest BCUT2D eigenvalue weighted by Crippen LogP contribution is 2.43. The van der Waals surface area contributed by atoms with E-state index in [2.05, 4.69) is 0 Å². The molecule has 6 N–H and O–H groups in total. The third-order valence-corrected chi connectivity index (χ3v) is 6.50. The van der Waals surface area contributed by atoms with Gasteiger partial charge in [0.05, 0.1) is 24.7 Å². The molecule has 168 valence electrons. The van der Waals surface area contributed by atoms with Gasteiger partial charge in [-0.15, -0.1) is 0 Å². The fourth-order valence-corrected chi connectivity index (χ4v) is 4.91. The molecule has 2 aliphatic rings. The highest BCUT2D eigenvalue weighted by atomic mass is 16.3. The summed E-state index contributed by atoms with van der Waals surface area (Å²) in [5.74, 6) is -4.53. The second-order valence-corrected chi connectivity index (χ2v) is 8.43. The lowest BCUT2D eigenvalue weighted by atomic mass is 9.67. The Kier molecular flexibility index (Phi) is 5.39. The number of carbonyl (C=O) groups excluding carboxylic acids is 3. The smallest absolute Gasteiger partial charge is 0.255 e. The number of phenols is 1. The van der Waals surface area contributed by atoms with E-state index in [0.717, 1.165) is 11.1 Å². The maximum Gasteiger partial charge on any atom is 0.255 e. The summed E-state index contributed by atoms with van der Waals surface area (Å²) >= 11 is 0. The molecule has 1 amide bonds. The number of ketones is 2. The Morgan fingerprint density at radius 2 is 1.91 bits per heavy atom. The first kappa shape index (κ1) is 21.8. The van der Waals surface area contributed by atoms with Crippen molar-refractivity contribution in [3.05, 3.63) is 53.2 Å². The lowest BCUT2D eigenvalue weighted by Gasteiger charge is -2.39. The molecule has 0 spiro atoms. The van der Waals surface area contributed by atoms with Gasteiger partial charge in [-0.05, 0) is 42.0 Å². The fourth-order valence-electron chi connectivity index (χ4n) is 4.91. The zero-order valence-electron chi connectivity index (χ0n) is 17.1. The number of fused-ring (bicyclic) bond motifs is 1. The average molecular weight is 441 g/mol. The summed E-state index contributed by atoms with van der Waals surface area (Å²) in [6.07, 6.45) is 3.30. The number of aliphatic hydroxyl groups is 3. The van der Waals surface area contributed by atoms with Crippen LogP contribution in [-0.4, -0.2) is 50.1 Å². The molecule has 1 aromatic carbocycles. The predicted octanol–water partition coefficient (Wildman–Crippen LogP) is 1.40. The molecular weight excluding hydrogens is 418 g/mol. The first-order chi connectivity index (χ1) is 15.2. The number of aliphatic hydroxyl groups excluding tert-OH is 2. The normalized spacial score (nSPS) is 25.7. The quantitative estimate of drug-likeness (QED) is 0.433. The number of Topliss-reactive ketones (excluding diaryl/α,β-unsaturated/α-hetero) is 2. The summed E-state index contributed by atoms with van der Waals surface area (Å²) in [7, 11) is 0. The molecule has 1 heterocycles. The molecule has 2 aromatic rings. The maximum absolute atomic E-state index is 12.9. The van der Waals surface area contributed by atoms with Crippen LogP contribution in [0.25, 0.3) is 11.1 Å². The van der Waals surface area contributed by atoms with Crippen LogP contribution in [0.3, 0.4) is 0 Å². The number of allylic oxidation sites excluding steroid dienone is 1. The van der Waals surface area contributed by atoms with Crippen molar-refractivity contribution >= 4 is 17.5 Å². The van der Waals surface area contributed by atoms with Gasteiger partial charge in [-0.3, -0.25) is 14.4 Å². The number of amides is 1. The molecule has 1 aromatic heterocycles. The van der Waals surface area contributed by atoms with Gasteiger partial charge in [-0.1, -0.05) is 6.07 Å². The van der Waals surface area contributed by atoms with E-state index >= 15 is 0 Å². The number of hydrogen-bond donors (Lipinski definition) is 5. The number of hydrogen-bond acceptors (Lipinski definition) is 8. The molecule has 0 bridgehead atoms. The number of carbonyl (C=O) groups is 3. The van der Waals surface area contributed by atoms with Gasteiger partial charge in [0, 0.05) is 24.3 Å². The Labute approximate surface area is 182 Å². The van der Waals surface area contributed by atoms with Crippen LogP contribution < -0.4 is 5.73 Å². The van der Waals surface area contributed by atoms with Crippen LogP contribution >= 0.6 is 0 Å². The Balaban J connectivity index is 1.68. The van der Waals surface area contributed by atoms with E-state index in [-0.39, 0.29) is 42.3 Å². The predicted molar refractivity (Wildman–Crippen MR) is 111 cm³/mol. The van der Waals surface area contributed by atoms with Gasteiger partial charge in [0.1, 0.15) is 17.1 Å². The molecular formula is C23H23NO8. The number of nitrogens with two attached hydrogens (primary N) is 1. The van der Waals surface area contributed by atoms with Gasteiger partial charge in [0.15, 0.2) is 11.4 Å². The number of aromatic hydroxyl groups is 1. The third kappa shape index (κ3) is 3.39. The molecule has 0 saturated carbocycles. The van der Waals surface area contributed by atoms with Gasteiger partial charge >= 0.3 is 0 Å². The topological polar surface area (TPSA) is 171 Å². The molecule has 4 rings (SSSR count). The Morgan fingerprint density at radius 3 is 2.53 bits per heavy atom. The van der Waals surface area contributed by atoms with Crippen LogP contribution in [0.1, 0.15) is 35.2 Å². The van der Waals surface area contributed by atoms with Gasteiger partial charge in [-0.25, -0.2) is 0 Å². The first-order valence-electron chi connectivity index (χ1n) is 10.2. The minimum Gasteiger partial charge on any atom is -0.511 e. The van der Waals surface area contributed by atoms with E-state index in [1.54, 1.807) is 12.1 Å². The van der Waals surface area contributed by atoms with Crippen LogP contribution in [0.15, 0.2) is 46.5 Å². The summed E-state index contributed by atoms with van der Waals surface area (Å²) in [4.78, 5) is 37.1. The molecule has 0 saturated heterocycles. The van der Waals surface area contributed by atoms with Gasteiger partial charge in [-0.2, -0.15) is 0 Å². The van der Waals surface area contributed by atoms with E-state index in [1.807, 2.05) is 0 Å². The van der Waals surface area contributed by atoms with Crippen LogP contribution in [0.2, 0.25) is 0 Å². The van der Waals surface area contributed by atoms with Crippen LogP contribution in [0.4, 0.5) is 0 Å². The summed E-state index contributed by atoms with van der Waals surface area (Å²) in [5, 5.41) is 41.2. The summed E-state index contributed by atoms with van der Waals surface area (Å²) in [6, 6.07) is 4.88. The fraction of sp³-hybridized carbons (Fsp3) is 0.348. The molecule has 0 aliphatic heterocycles. The molecule has 2 aliphatic carbocycles. The number of benzene rings is 1. The molecule has 0 unspecified atom stereocenters. The summed E-state index contributed by atoms with van der Waals surface area (Å²) in [6.45, 7) is -0.959. The molecule has 3 atom stereocenters. The van der Waals surface area contributed by atoms with Crippen molar-refractivity contribution in [1.82, 2.24) is 0 Å². The molecule has 0 fully saturated rings. The minimum atomic E-state index is -2.30. The van der Waals surface area contributed by atoms with Crippen LogP contribution in [0, 0.1) is 11.8 Å². The molecule has 9 nitrogen and oxygen atoms in total. The van der Waals surface area contributed by atoms with Crippen LogP contribution in [-0.2, 0) is 16.0 Å². The maximum atomic E-state index is 12.9. The number of rotatable bonds is 5. The minimum absolute atomic E-state index is 0.0503. The third-order valence-electron chi connectivity index (χ3n) is 6.50. The van der Waals surface area contributed by atoms with E-state index in [1.165, 1.54) is 18.6 Å². The lowest BCUT2D eigenvalue weighted by molar-refractivity contribution is -0.150. The zero-order valence-corrected chi connectivity index (χ0v) is 17.1. The Bertz CT molecular complexity index is 1130. The SMILES string of the molecule is NC(=O)C1=C(O)C[C@H](C[C@H]2CC(=O)c3c(O)ccc(-c4ccoc4)c3C2)[C@](O)(CO)C1=O. The van der Waals surface area contributed by atoms with E-state index in [4.69, 9.17) is 10.2 Å². The highest BCUT2D eigenvalue weighted by Gasteiger charge is 2.51. The van der Waals surface area contributed by atoms with Gasteiger partial charge < -0.3 is 30.6 Å². The summed E-state index contributed by atoms with van der Waals surface area (Å²) < 4.78 is 5.14. The van der Waals surface area contributed by atoms with E-state index in [0.29, 0.717) is 12.0 Å². The molecule has 32 heavy (non-hydrogen) atoms. The number of furan rings is 1. The number of phenolic OH excluding ortho intramolecular Hbond substituents is 1. The average Bonchev–Trinajstić information content (AvgIpc) is 3.26. The van der Waals surface area contributed by atoms with Crippen molar-refractivity contribution < 1.29 is 39.2 Å². The summed E-state index contributed by atoms with van der Waals surface area (Å²) in [5.41, 5.74) is 4.46. The molecule has 0 radical (unpaired) electrons. The molecule has 9 heteroatoms. The first-order valence-corrected chi connectivity index (χ1v) is 10.2. The monoisotopic (exact) mass is 441 g/mol. The second kappa shape index (κ2) is 7.92. The van der Waals surface area contributed by atoms with Gasteiger partial charge in [0.25, 0.3) is 5.91 Å². The second-order valence-electron chi connectivity index (χ2n) is 8.43. The van der Waals surface area contributed by atoms with Crippen LogP contribution in [0.5, 0.6) is 5.75 Å². The standard InChI is InChI=1S/C23H23NO8/c24-22(30)20-18(28)8-13(23(31,10-25)21(20)29)5-11-6-15-14(12-3-4-32-9-12)1-2-16(26)19(15)17(27)7-11/h1-4,9,11,13,25-26,28,31H,5-8,10H2,(H2,24,30)/t11-,13+,23-/m1/s1. The lowest BCUT2D eigenvalue weighted by Crippen LogP contribution is -2.55. The van der Waals surface area contributed by atoms with Gasteiger partial charge in [0.2, 0.25) is 5.78 Å².